The van der Waals surface area contributed by atoms with Gasteiger partial charge in [-0.2, -0.15) is 5.26 Å². The van der Waals surface area contributed by atoms with Crippen LogP contribution < -0.4 is 5.32 Å². The Balaban J connectivity index is 2.19. The van der Waals surface area contributed by atoms with E-state index in [-0.39, 0.29) is 11.6 Å². The first-order valence-electron chi connectivity index (χ1n) is 7.82. The number of nitro groups is 1. The van der Waals surface area contributed by atoms with Crippen LogP contribution in [0.15, 0.2) is 23.8 Å². The van der Waals surface area contributed by atoms with Gasteiger partial charge in [0.05, 0.1) is 4.92 Å². The normalized spacial score (nSPS) is 20.9. The Morgan fingerprint density at radius 1 is 1.46 bits per heavy atom. The summed E-state index contributed by atoms with van der Waals surface area (Å²) in [5, 5.41) is 32.4. The molecule has 0 unspecified atom stereocenters. The van der Waals surface area contributed by atoms with Gasteiger partial charge >= 0.3 is 5.69 Å². The number of carbonyl (C=O) groups excluding carboxylic acids is 1. The first-order chi connectivity index (χ1) is 11.4. The molecule has 1 aliphatic carbocycles. The first kappa shape index (κ1) is 17.5. The predicted molar refractivity (Wildman–Crippen MR) is 87.9 cm³/mol. The van der Waals surface area contributed by atoms with Crippen LogP contribution in [0.1, 0.15) is 38.2 Å². The van der Waals surface area contributed by atoms with E-state index in [0.717, 1.165) is 31.7 Å². The lowest BCUT2D eigenvalue weighted by Crippen LogP contribution is -2.41. The molecule has 7 nitrogen and oxygen atoms in total. The molecule has 1 fully saturated rings. The fourth-order valence-corrected chi connectivity index (χ4v) is 2.87. The smallest absolute Gasteiger partial charge is 0.311 e. The third kappa shape index (κ3) is 4.10. The minimum absolute atomic E-state index is 0.0390. The van der Waals surface area contributed by atoms with Crippen molar-refractivity contribution in [3.05, 3.63) is 39.4 Å². The second-order valence-corrected chi connectivity index (χ2v) is 6.02. The summed E-state index contributed by atoms with van der Waals surface area (Å²) >= 11 is 0. The van der Waals surface area contributed by atoms with Crippen LogP contribution in [-0.2, 0) is 4.79 Å². The highest BCUT2D eigenvalue weighted by Crippen LogP contribution is 2.27. The highest BCUT2D eigenvalue weighted by molar-refractivity contribution is 6.01. The van der Waals surface area contributed by atoms with Gasteiger partial charge in [0.1, 0.15) is 11.6 Å². The number of hydrogen-bond donors (Lipinski definition) is 2. The van der Waals surface area contributed by atoms with Gasteiger partial charge < -0.3 is 10.4 Å². The molecule has 1 amide bonds. The molecular formula is C17H19N3O4. The molecule has 2 N–H and O–H groups in total. The molecule has 1 saturated carbocycles. The van der Waals surface area contributed by atoms with E-state index >= 15 is 0 Å². The summed E-state index contributed by atoms with van der Waals surface area (Å²) in [6.07, 6.45) is 5.41. The maximum atomic E-state index is 12.3. The van der Waals surface area contributed by atoms with Crippen molar-refractivity contribution in [2.75, 3.05) is 0 Å². The molecule has 0 spiro atoms. The number of carbonyl (C=O) groups is 1. The van der Waals surface area contributed by atoms with Crippen LogP contribution in [0, 0.1) is 27.4 Å². The van der Waals surface area contributed by atoms with Crippen LogP contribution in [0.2, 0.25) is 0 Å². The number of phenolic OH excluding ortho intramolecular Hbond substituents is 1. The van der Waals surface area contributed by atoms with E-state index in [0.29, 0.717) is 11.5 Å². The number of phenols is 1. The quantitative estimate of drug-likeness (QED) is 0.381. The number of rotatable bonds is 4. The fourth-order valence-electron chi connectivity index (χ4n) is 2.87. The molecular weight excluding hydrogens is 310 g/mol. The summed E-state index contributed by atoms with van der Waals surface area (Å²) in [4.78, 5) is 22.4. The third-order valence-electron chi connectivity index (χ3n) is 4.30. The Kier molecular flexibility index (Phi) is 5.53. The van der Waals surface area contributed by atoms with Crippen LogP contribution in [0.3, 0.4) is 0 Å². The maximum absolute atomic E-state index is 12.3. The Morgan fingerprint density at radius 3 is 2.79 bits per heavy atom. The molecule has 1 aliphatic rings. The first-order valence-corrected chi connectivity index (χ1v) is 7.82. The monoisotopic (exact) mass is 329 g/mol. The van der Waals surface area contributed by atoms with Crippen molar-refractivity contribution in [1.29, 1.82) is 5.26 Å². The van der Waals surface area contributed by atoms with E-state index in [4.69, 9.17) is 0 Å². The van der Waals surface area contributed by atoms with Gasteiger partial charge in [0.2, 0.25) is 0 Å². The molecule has 2 rings (SSSR count). The van der Waals surface area contributed by atoms with E-state index in [2.05, 4.69) is 12.2 Å². The van der Waals surface area contributed by atoms with E-state index in [1.165, 1.54) is 18.2 Å². The molecule has 0 aromatic heterocycles. The summed E-state index contributed by atoms with van der Waals surface area (Å²) in [5.74, 6) is -0.583. The Morgan fingerprint density at radius 2 is 2.17 bits per heavy atom. The second kappa shape index (κ2) is 7.59. The highest BCUT2D eigenvalue weighted by atomic mass is 16.6. The van der Waals surface area contributed by atoms with Crippen molar-refractivity contribution >= 4 is 17.7 Å². The highest BCUT2D eigenvalue weighted by Gasteiger charge is 2.24. The van der Waals surface area contributed by atoms with Gasteiger partial charge in [-0.1, -0.05) is 25.8 Å². The Bertz CT molecular complexity index is 721. The number of nitrogens with one attached hydrogen (secondary N) is 1. The van der Waals surface area contributed by atoms with Crippen LogP contribution in [-0.4, -0.2) is 22.0 Å². The fraction of sp³-hybridized carbons (Fsp3) is 0.412. The molecule has 126 valence electrons. The molecule has 7 heteroatoms. The van der Waals surface area contributed by atoms with Crippen molar-refractivity contribution in [1.82, 2.24) is 5.32 Å². The molecule has 0 aliphatic heterocycles. The molecule has 0 bridgehead atoms. The summed E-state index contributed by atoms with van der Waals surface area (Å²) < 4.78 is 0. The molecule has 1 aromatic carbocycles. The summed E-state index contributed by atoms with van der Waals surface area (Å²) in [6, 6.07) is 5.58. The number of hydrogen-bond acceptors (Lipinski definition) is 5. The zero-order chi connectivity index (χ0) is 17.7. The predicted octanol–water partition coefficient (Wildman–Crippen LogP) is 2.90. The van der Waals surface area contributed by atoms with Gasteiger partial charge in [0, 0.05) is 12.1 Å². The lowest BCUT2D eigenvalue weighted by molar-refractivity contribution is -0.385. The second-order valence-electron chi connectivity index (χ2n) is 6.02. The van der Waals surface area contributed by atoms with Gasteiger partial charge in [-0.15, -0.1) is 0 Å². The molecule has 24 heavy (non-hydrogen) atoms. The standard InChI is InChI=1S/C17H19N3O4/c1-11-4-2-3-5-14(11)19-17(22)13(10-18)8-12-6-7-16(21)15(9-12)20(23)24/h6-9,11,14,21H,2-5H2,1H3,(H,19,22)/b13-8+/t11-,14-/m1/s1. The van der Waals surface area contributed by atoms with Crippen molar-refractivity contribution in [3.8, 4) is 11.8 Å². The van der Waals surface area contributed by atoms with Crippen LogP contribution >= 0.6 is 0 Å². The average Bonchev–Trinajstić information content (AvgIpc) is 2.55. The van der Waals surface area contributed by atoms with Crippen molar-refractivity contribution in [3.63, 3.8) is 0 Å². The SMILES string of the molecule is C[C@@H]1CCCC[C@H]1NC(=O)/C(C#N)=C/c1ccc(O)c([N+](=O)[O-])c1. The zero-order valence-corrected chi connectivity index (χ0v) is 13.4. The summed E-state index contributed by atoms with van der Waals surface area (Å²) in [5.41, 5.74) is -0.280. The summed E-state index contributed by atoms with van der Waals surface area (Å²) in [7, 11) is 0. The van der Waals surface area contributed by atoms with E-state index in [1.807, 2.05) is 6.07 Å². The van der Waals surface area contributed by atoms with Crippen LogP contribution in [0.25, 0.3) is 6.08 Å². The van der Waals surface area contributed by atoms with Gasteiger partial charge in [0.25, 0.3) is 5.91 Å². The Hall–Kier alpha value is -2.88. The number of benzene rings is 1. The number of amides is 1. The summed E-state index contributed by atoms with van der Waals surface area (Å²) in [6.45, 7) is 2.07. The minimum Gasteiger partial charge on any atom is -0.502 e. The number of nitrogens with zero attached hydrogens (tertiary/aromatic N) is 2. The largest absolute Gasteiger partial charge is 0.502 e. The van der Waals surface area contributed by atoms with Crippen molar-refractivity contribution in [2.24, 2.45) is 5.92 Å². The minimum atomic E-state index is -0.720. The Labute approximate surface area is 139 Å². The molecule has 0 saturated heterocycles. The third-order valence-corrected chi connectivity index (χ3v) is 4.30. The van der Waals surface area contributed by atoms with E-state index in [1.54, 1.807) is 0 Å². The lowest BCUT2D eigenvalue weighted by atomic mass is 9.86. The van der Waals surface area contributed by atoms with Crippen molar-refractivity contribution in [2.45, 2.75) is 38.6 Å². The number of nitro benzene ring substituents is 1. The lowest BCUT2D eigenvalue weighted by Gasteiger charge is -2.29. The molecule has 1 aromatic rings. The molecule has 0 heterocycles. The van der Waals surface area contributed by atoms with Crippen LogP contribution in [0.5, 0.6) is 5.75 Å². The van der Waals surface area contributed by atoms with Crippen molar-refractivity contribution < 1.29 is 14.8 Å². The van der Waals surface area contributed by atoms with Gasteiger partial charge in [-0.3, -0.25) is 14.9 Å². The number of nitriles is 1. The van der Waals surface area contributed by atoms with Gasteiger partial charge in [-0.25, -0.2) is 0 Å². The van der Waals surface area contributed by atoms with E-state index < -0.39 is 22.3 Å². The average molecular weight is 329 g/mol. The molecule has 2 atom stereocenters. The maximum Gasteiger partial charge on any atom is 0.311 e. The number of aromatic hydroxyl groups is 1. The van der Waals surface area contributed by atoms with Gasteiger partial charge in [-0.05, 0) is 36.5 Å². The van der Waals surface area contributed by atoms with Crippen LogP contribution in [0.4, 0.5) is 5.69 Å². The van der Waals surface area contributed by atoms with Gasteiger partial charge in [0.15, 0.2) is 5.75 Å². The van der Waals surface area contributed by atoms with E-state index in [9.17, 15) is 25.3 Å². The zero-order valence-electron chi connectivity index (χ0n) is 13.4. The molecule has 0 radical (unpaired) electrons. The topological polar surface area (TPSA) is 116 Å².